The summed E-state index contributed by atoms with van der Waals surface area (Å²) in [6.07, 6.45) is -10.1. The molecule has 2 aromatic rings. The van der Waals surface area contributed by atoms with E-state index in [1.165, 1.54) is 18.2 Å². The Kier molecular flexibility index (Phi) is 6.78. The first-order chi connectivity index (χ1) is 15.4. The molecule has 1 saturated heterocycles. The lowest BCUT2D eigenvalue weighted by Crippen LogP contribution is -2.53. The predicted octanol–water partition coefficient (Wildman–Crippen LogP) is 3.21. The number of hydroxylamine groups is 2. The number of halogens is 6. The van der Waals surface area contributed by atoms with Crippen molar-refractivity contribution >= 4 is 11.9 Å². The average Bonchev–Trinajstić information content (AvgIpc) is 2.70. The Labute approximate surface area is 181 Å². The van der Waals surface area contributed by atoms with Crippen molar-refractivity contribution < 1.29 is 50.2 Å². The summed E-state index contributed by atoms with van der Waals surface area (Å²) < 4.78 is 87.0. The largest absolute Gasteiger partial charge is 0.493 e. The van der Waals surface area contributed by atoms with Crippen LogP contribution in [0.3, 0.4) is 0 Å². The number of nitrogens with zero attached hydrogens (tertiary/aromatic N) is 2. The summed E-state index contributed by atoms with van der Waals surface area (Å²) >= 11 is 0. The molecule has 14 heteroatoms. The second-order valence-electron chi connectivity index (χ2n) is 6.73. The van der Waals surface area contributed by atoms with Gasteiger partial charge in [-0.2, -0.15) is 31.4 Å². The third-order valence-electron chi connectivity index (χ3n) is 4.26. The van der Waals surface area contributed by atoms with Gasteiger partial charge in [0.1, 0.15) is 17.5 Å². The van der Waals surface area contributed by atoms with Crippen LogP contribution in [0, 0.1) is 0 Å². The summed E-state index contributed by atoms with van der Waals surface area (Å²) in [6, 6.07) is 5.73. The maximum atomic E-state index is 13.0. The minimum absolute atomic E-state index is 0.0785. The molecule has 0 spiro atoms. The highest BCUT2D eigenvalue weighted by atomic mass is 19.4. The number of aromatic nitrogens is 1. The van der Waals surface area contributed by atoms with Crippen LogP contribution in [-0.4, -0.2) is 47.4 Å². The van der Waals surface area contributed by atoms with Crippen molar-refractivity contribution in [2.24, 2.45) is 5.73 Å². The molecule has 1 fully saturated rings. The van der Waals surface area contributed by atoms with E-state index in [0.29, 0.717) is 0 Å². The molecular weight excluding hydrogens is 464 g/mol. The standard InChI is InChI=1S/C19H15F6N3O5/c20-18(21,22)14-4-10(7-26)5-15(27-14)32-13-3-1-2-11(6-13)16(29)28(12-8-31-9-12)33-17(30)19(23,24)25/h1-6,12H,7-9,26H2. The van der Waals surface area contributed by atoms with Crippen LogP contribution in [0.15, 0.2) is 36.4 Å². The molecule has 1 amide bonds. The summed E-state index contributed by atoms with van der Waals surface area (Å²) in [6.45, 7) is -0.560. The first-order valence-electron chi connectivity index (χ1n) is 9.15. The second kappa shape index (κ2) is 9.23. The molecule has 3 rings (SSSR count). The number of alkyl halides is 6. The normalized spacial score (nSPS) is 14.4. The van der Waals surface area contributed by atoms with Gasteiger partial charge in [0.25, 0.3) is 5.91 Å². The van der Waals surface area contributed by atoms with E-state index in [9.17, 15) is 35.9 Å². The van der Waals surface area contributed by atoms with Gasteiger partial charge in [0.05, 0.1) is 13.2 Å². The Morgan fingerprint density at radius 3 is 2.36 bits per heavy atom. The van der Waals surface area contributed by atoms with E-state index in [2.05, 4.69) is 9.82 Å². The number of carbonyl (C=O) groups excluding carboxylic acids is 2. The summed E-state index contributed by atoms with van der Waals surface area (Å²) in [5, 5.41) is 0.244. The molecule has 0 atom stereocenters. The summed E-state index contributed by atoms with van der Waals surface area (Å²) in [5.74, 6) is -4.34. The van der Waals surface area contributed by atoms with Crippen molar-refractivity contribution in [3.63, 3.8) is 0 Å². The van der Waals surface area contributed by atoms with E-state index in [1.54, 1.807) is 0 Å². The minimum atomic E-state index is -5.34. The van der Waals surface area contributed by atoms with Crippen molar-refractivity contribution in [2.75, 3.05) is 13.2 Å². The van der Waals surface area contributed by atoms with E-state index in [0.717, 1.165) is 18.2 Å². The van der Waals surface area contributed by atoms with Crippen molar-refractivity contribution in [1.82, 2.24) is 10.0 Å². The molecule has 1 aromatic carbocycles. The van der Waals surface area contributed by atoms with Crippen LogP contribution in [0.1, 0.15) is 21.6 Å². The number of hydrogen-bond acceptors (Lipinski definition) is 7. The molecule has 8 nitrogen and oxygen atoms in total. The lowest BCUT2D eigenvalue weighted by atomic mass is 10.1. The van der Waals surface area contributed by atoms with Crippen LogP contribution in [0.25, 0.3) is 0 Å². The van der Waals surface area contributed by atoms with E-state index in [4.69, 9.17) is 15.2 Å². The highest BCUT2D eigenvalue weighted by Crippen LogP contribution is 2.31. The minimum Gasteiger partial charge on any atom is -0.439 e. The molecule has 1 aliphatic rings. The predicted molar refractivity (Wildman–Crippen MR) is 96.6 cm³/mol. The number of amides is 1. The molecule has 2 N–H and O–H groups in total. The lowest BCUT2D eigenvalue weighted by Gasteiger charge is -2.35. The summed E-state index contributed by atoms with van der Waals surface area (Å²) in [7, 11) is 0. The maximum absolute atomic E-state index is 13.0. The summed E-state index contributed by atoms with van der Waals surface area (Å²) in [5.41, 5.74) is 3.97. The van der Waals surface area contributed by atoms with Gasteiger partial charge in [-0.3, -0.25) is 4.79 Å². The van der Waals surface area contributed by atoms with Gasteiger partial charge in [-0.25, -0.2) is 9.78 Å². The van der Waals surface area contributed by atoms with Crippen LogP contribution in [-0.2, 0) is 27.1 Å². The summed E-state index contributed by atoms with van der Waals surface area (Å²) in [4.78, 5) is 31.5. The topological polar surface area (TPSA) is 104 Å². The molecule has 0 radical (unpaired) electrons. The van der Waals surface area contributed by atoms with Crippen molar-refractivity contribution in [3.8, 4) is 11.6 Å². The number of nitrogens with two attached hydrogens (primary N) is 1. The smallest absolute Gasteiger partial charge is 0.439 e. The van der Waals surface area contributed by atoms with Crippen LogP contribution >= 0.6 is 0 Å². The Hall–Kier alpha value is -3.39. The molecule has 0 aliphatic carbocycles. The van der Waals surface area contributed by atoms with Gasteiger partial charge in [-0.15, -0.1) is 0 Å². The van der Waals surface area contributed by atoms with Crippen molar-refractivity contribution in [1.29, 1.82) is 0 Å². The highest BCUT2D eigenvalue weighted by molar-refractivity contribution is 5.95. The molecule has 33 heavy (non-hydrogen) atoms. The Morgan fingerprint density at radius 2 is 1.82 bits per heavy atom. The van der Waals surface area contributed by atoms with E-state index >= 15 is 0 Å². The van der Waals surface area contributed by atoms with E-state index in [1.807, 2.05) is 0 Å². The number of benzene rings is 1. The maximum Gasteiger partial charge on any atom is 0.493 e. The fourth-order valence-corrected chi connectivity index (χ4v) is 2.60. The molecule has 0 bridgehead atoms. The SMILES string of the molecule is NCc1cc(Oc2cccc(C(=O)N(OC(=O)C(F)(F)F)C3COC3)c2)nc(C(F)(F)F)c1. The Morgan fingerprint density at radius 1 is 1.12 bits per heavy atom. The van der Waals surface area contributed by atoms with Gasteiger partial charge in [0, 0.05) is 18.2 Å². The average molecular weight is 479 g/mol. The molecule has 1 aliphatic heterocycles. The van der Waals surface area contributed by atoms with E-state index < -0.39 is 41.8 Å². The molecular formula is C19H15F6N3O5. The van der Waals surface area contributed by atoms with Gasteiger partial charge in [0.15, 0.2) is 0 Å². The Balaban J connectivity index is 1.85. The van der Waals surface area contributed by atoms with Crippen LogP contribution in [0.4, 0.5) is 26.3 Å². The molecule has 178 valence electrons. The van der Waals surface area contributed by atoms with Crippen LogP contribution < -0.4 is 10.5 Å². The molecule has 0 unspecified atom stereocenters. The Bertz CT molecular complexity index is 1040. The van der Waals surface area contributed by atoms with Crippen molar-refractivity contribution in [3.05, 3.63) is 53.2 Å². The number of pyridine rings is 1. The zero-order valence-corrected chi connectivity index (χ0v) is 16.4. The first kappa shape index (κ1) is 24.3. The molecule has 0 saturated carbocycles. The zero-order valence-electron chi connectivity index (χ0n) is 16.4. The third-order valence-corrected chi connectivity index (χ3v) is 4.26. The van der Waals surface area contributed by atoms with Gasteiger partial charge < -0.3 is 20.0 Å². The monoisotopic (exact) mass is 479 g/mol. The highest BCUT2D eigenvalue weighted by Gasteiger charge is 2.45. The molecule has 1 aromatic heterocycles. The number of carbonyl (C=O) groups is 2. The number of ether oxygens (including phenoxy) is 2. The van der Waals surface area contributed by atoms with E-state index in [-0.39, 0.29) is 41.7 Å². The second-order valence-corrected chi connectivity index (χ2v) is 6.73. The quantitative estimate of drug-likeness (QED) is 0.519. The number of hydrogen-bond donors (Lipinski definition) is 1. The molecule has 2 heterocycles. The van der Waals surface area contributed by atoms with Crippen LogP contribution in [0.5, 0.6) is 11.6 Å². The van der Waals surface area contributed by atoms with Gasteiger partial charge in [-0.1, -0.05) is 6.07 Å². The lowest BCUT2D eigenvalue weighted by molar-refractivity contribution is -0.248. The zero-order chi connectivity index (χ0) is 24.4. The fourth-order valence-electron chi connectivity index (χ4n) is 2.60. The van der Waals surface area contributed by atoms with Gasteiger partial charge in [0.2, 0.25) is 5.88 Å². The van der Waals surface area contributed by atoms with Crippen molar-refractivity contribution in [2.45, 2.75) is 24.9 Å². The van der Waals surface area contributed by atoms with Gasteiger partial charge in [-0.05, 0) is 29.8 Å². The first-order valence-corrected chi connectivity index (χ1v) is 9.15. The van der Waals surface area contributed by atoms with Crippen LogP contribution in [0.2, 0.25) is 0 Å². The fraction of sp³-hybridized carbons (Fsp3) is 0.316. The van der Waals surface area contributed by atoms with Gasteiger partial charge >= 0.3 is 18.3 Å². The number of rotatable bonds is 5. The third kappa shape index (κ3) is 5.90.